The van der Waals surface area contributed by atoms with Crippen molar-refractivity contribution >= 4 is 11.9 Å². The Kier molecular flexibility index (Phi) is 7.97. The second-order valence-corrected chi connectivity index (χ2v) is 8.66. The quantitative estimate of drug-likeness (QED) is 0.544. The Labute approximate surface area is 170 Å². The van der Waals surface area contributed by atoms with E-state index >= 15 is 0 Å². The van der Waals surface area contributed by atoms with Crippen molar-refractivity contribution < 1.29 is 9.90 Å². The molecule has 2 saturated heterocycles. The highest BCUT2D eigenvalue weighted by Crippen LogP contribution is 2.29. The Morgan fingerprint density at radius 1 is 0.929 bits per heavy atom. The first-order chi connectivity index (χ1) is 13.6. The lowest BCUT2D eigenvalue weighted by Crippen LogP contribution is -2.54. The van der Waals surface area contributed by atoms with E-state index in [2.05, 4.69) is 26.9 Å². The van der Waals surface area contributed by atoms with Gasteiger partial charge in [0.15, 0.2) is 5.96 Å². The summed E-state index contributed by atoms with van der Waals surface area (Å²) in [6.07, 6.45) is 8.74. The van der Waals surface area contributed by atoms with E-state index in [1.54, 1.807) is 0 Å². The summed E-state index contributed by atoms with van der Waals surface area (Å²) in [6.45, 7) is 9.31. The first-order valence-electron chi connectivity index (χ1n) is 11.4. The van der Waals surface area contributed by atoms with Gasteiger partial charge in [-0.05, 0) is 32.6 Å². The SMILES string of the molecule is CCNC(=NCC1(O)CCCC1)N1CCN(CC(=O)N2CCCCCC2)CC1. The van der Waals surface area contributed by atoms with Gasteiger partial charge in [0, 0.05) is 45.8 Å². The van der Waals surface area contributed by atoms with Gasteiger partial charge in [-0.25, -0.2) is 0 Å². The summed E-state index contributed by atoms with van der Waals surface area (Å²) in [7, 11) is 0. The summed E-state index contributed by atoms with van der Waals surface area (Å²) in [5.74, 6) is 1.20. The number of aliphatic hydroxyl groups is 1. The van der Waals surface area contributed by atoms with Crippen molar-refractivity contribution in [3.05, 3.63) is 0 Å². The number of carbonyl (C=O) groups excluding carboxylic acids is 1. The number of nitrogens with zero attached hydrogens (tertiary/aromatic N) is 4. The van der Waals surface area contributed by atoms with Crippen molar-refractivity contribution in [2.24, 2.45) is 4.99 Å². The van der Waals surface area contributed by atoms with Crippen LogP contribution in [0.1, 0.15) is 58.3 Å². The van der Waals surface area contributed by atoms with E-state index in [9.17, 15) is 9.90 Å². The van der Waals surface area contributed by atoms with E-state index in [4.69, 9.17) is 4.99 Å². The molecule has 0 atom stereocenters. The number of aliphatic imine (C=N–C) groups is 1. The van der Waals surface area contributed by atoms with Crippen molar-refractivity contribution in [2.75, 3.05) is 58.9 Å². The number of nitrogens with one attached hydrogen (secondary N) is 1. The van der Waals surface area contributed by atoms with Crippen molar-refractivity contribution in [2.45, 2.75) is 63.9 Å². The van der Waals surface area contributed by atoms with Crippen LogP contribution in [0.25, 0.3) is 0 Å². The average molecular weight is 394 g/mol. The van der Waals surface area contributed by atoms with Gasteiger partial charge < -0.3 is 20.2 Å². The Balaban J connectivity index is 1.47. The predicted octanol–water partition coefficient (Wildman–Crippen LogP) is 1.28. The molecule has 1 saturated carbocycles. The summed E-state index contributed by atoms with van der Waals surface area (Å²) in [5.41, 5.74) is -0.609. The molecule has 2 aliphatic heterocycles. The lowest BCUT2D eigenvalue weighted by molar-refractivity contribution is -0.132. The van der Waals surface area contributed by atoms with Gasteiger partial charge >= 0.3 is 0 Å². The van der Waals surface area contributed by atoms with Crippen LogP contribution in [-0.4, -0.2) is 96.2 Å². The second kappa shape index (κ2) is 10.4. The molecule has 0 aromatic rings. The molecule has 3 aliphatic rings. The molecule has 0 bridgehead atoms. The van der Waals surface area contributed by atoms with Gasteiger partial charge in [0.1, 0.15) is 0 Å². The van der Waals surface area contributed by atoms with E-state index in [0.29, 0.717) is 19.0 Å². The van der Waals surface area contributed by atoms with Gasteiger partial charge in [0.25, 0.3) is 0 Å². The number of amides is 1. The summed E-state index contributed by atoms with van der Waals surface area (Å²) in [4.78, 5) is 24.0. The van der Waals surface area contributed by atoms with Crippen LogP contribution in [0, 0.1) is 0 Å². The van der Waals surface area contributed by atoms with Crippen LogP contribution in [0.5, 0.6) is 0 Å². The van der Waals surface area contributed by atoms with Crippen molar-refractivity contribution in [3.63, 3.8) is 0 Å². The van der Waals surface area contributed by atoms with Crippen LogP contribution in [0.2, 0.25) is 0 Å². The summed E-state index contributed by atoms with van der Waals surface area (Å²) >= 11 is 0. The van der Waals surface area contributed by atoms with Gasteiger partial charge in [0.05, 0.1) is 18.7 Å². The highest BCUT2D eigenvalue weighted by Gasteiger charge is 2.31. The second-order valence-electron chi connectivity index (χ2n) is 8.66. The molecule has 1 aliphatic carbocycles. The first-order valence-corrected chi connectivity index (χ1v) is 11.4. The minimum Gasteiger partial charge on any atom is -0.388 e. The zero-order valence-electron chi connectivity index (χ0n) is 17.7. The molecule has 3 fully saturated rings. The lowest BCUT2D eigenvalue weighted by Gasteiger charge is -2.37. The van der Waals surface area contributed by atoms with Crippen LogP contribution in [-0.2, 0) is 4.79 Å². The summed E-state index contributed by atoms with van der Waals surface area (Å²) < 4.78 is 0. The van der Waals surface area contributed by atoms with Crippen molar-refractivity contribution in [1.29, 1.82) is 0 Å². The summed E-state index contributed by atoms with van der Waals surface area (Å²) in [6, 6.07) is 0. The zero-order valence-corrected chi connectivity index (χ0v) is 17.7. The highest BCUT2D eigenvalue weighted by molar-refractivity contribution is 5.80. The third-order valence-corrected chi connectivity index (χ3v) is 6.38. The number of likely N-dealkylation sites (tertiary alicyclic amines) is 1. The standard InChI is InChI=1S/C21H39N5O2/c1-2-22-20(23-18-21(28)9-5-6-10-21)26-15-13-24(14-16-26)17-19(27)25-11-7-3-4-8-12-25/h28H,2-18H2,1H3,(H,22,23). The molecule has 3 rings (SSSR count). The van der Waals surface area contributed by atoms with E-state index in [0.717, 1.165) is 90.3 Å². The Morgan fingerprint density at radius 2 is 1.57 bits per heavy atom. The van der Waals surface area contributed by atoms with Crippen molar-refractivity contribution in [3.8, 4) is 0 Å². The maximum Gasteiger partial charge on any atom is 0.236 e. The third-order valence-electron chi connectivity index (χ3n) is 6.38. The highest BCUT2D eigenvalue weighted by atomic mass is 16.3. The lowest BCUT2D eigenvalue weighted by atomic mass is 10.0. The van der Waals surface area contributed by atoms with E-state index < -0.39 is 5.60 Å². The number of guanidine groups is 1. The van der Waals surface area contributed by atoms with Crippen LogP contribution >= 0.6 is 0 Å². The Bertz CT molecular complexity index is 517. The molecular formula is C21H39N5O2. The molecule has 2 N–H and O–H groups in total. The average Bonchev–Trinajstić information content (AvgIpc) is 2.95. The van der Waals surface area contributed by atoms with Gasteiger partial charge in [0.2, 0.25) is 5.91 Å². The van der Waals surface area contributed by atoms with E-state index in [1.165, 1.54) is 12.8 Å². The molecule has 7 nitrogen and oxygen atoms in total. The third kappa shape index (κ3) is 6.08. The monoisotopic (exact) mass is 393 g/mol. The molecule has 0 aromatic carbocycles. The van der Waals surface area contributed by atoms with E-state index in [1.807, 2.05) is 0 Å². The smallest absolute Gasteiger partial charge is 0.236 e. The number of carbonyl (C=O) groups is 1. The molecule has 160 valence electrons. The number of rotatable bonds is 5. The largest absolute Gasteiger partial charge is 0.388 e. The number of hydrogen-bond acceptors (Lipinski definition) is 4. The topological polar surface area (TPSA) is 71.4 Å². The van der Waals surface area contributed by atoms with Crippen LogP contribution in [0.15, 0.2) is 4.99 Å². The number of hydrogen-bond donors (Lipinski definition) is 2. The molecule has 28 heavy (non-hydrogen) atoms. The molecular weight excluding hydrogens is 354 g/mol. The maximum atomic E-state index is 12.6. The molecule has 7 heteroatoms. The fourth-order valence-electron chi connectivity index (χ4n) is 4.57. The van der Waals surface area contributed by atoms with Crippen LogP contribution in [0.4, 0.5) is 0 Å². The van der Waals surface area contributed by atoms with E-state index in [-0.39, 0.29) is 0 Å². The number of piperazine rings is 1. The van der Waals surface area contributed by atoms with Crippen LogP contribution < -0.4 is 5.32 Å². The van der Waals surface area contributed by atoms with Crippen LogP contribution in [0.3, 0.4) is 0 Å². The molecule has 0 unspecified atom stereocenters. The minimum absolute atomic E-state index is 0.291. The normalized spacial score (nSPS) is 24.3. The Morgan fingerprint density at radius 3 is 2.18 bits per heavy atom. The van der Waals surface area contributed by atoms with Gasteiger partial charge in [-0.2, -0.15) is 0 Å². The minimum atomic E-state index is -0.609. The fourth-order valence-corrected chi connectivity index (χ4v) is 4.57. The maximum absolute atomic E-state index is 12.6. The zero-order chi connectivity index (χ0) is 19.8. The van der Waals surface area contributed by atoms with Gasteiger partial charge in [-0.3, -0.25) is 14.7 Å². The first kappa shape index (κ1) is 21.4. The molecule has 0 spiro atoms. The van der Waals surface area contributed by atoms with Gasteiger partial charge in [-0.1, -0.05) is 25.7 Å². The molecule has 2 heterocycles. The predicted molar refractivity (Wildman–Crippen MR) is 112 cm³/mol. The van der Waals surface area contributed by atoms with Crippen molar-refractivity contribution in [1.82, 2.24) is 20.0 Å². The molecule has 1 amide bonds. The fraction of sp³-hybridized carbons (Fsp3) is 0.905. The summed E-state index contributed by atoms with van der Waals surface area (Å²) in [5, 5.41) is 14.0. The molecule has 0 radical (unpaired) electrons. The van der Waals surface area contributed by atoms with Gasteiger partial charge in [-0.15, -0.1) is 0 Å². The molecule has 0 aromatic heterocycles. The Hall–Kier alpha value is -1.34.